The maximum Gasteiger partial charge on any atom is 0.220 e. The average Bonchev–Trinajstić information content (AvgIpc) is 2.85. The molecule has 1 aromatic heterocycles. The summed E-state index contributed by atoms with van der Waals surface area (Å²) in [6, 6.07) is 25.8. The molecule has 0 aliphatic carbocycles. The Morgan fingerprint density at radius 1 is 0.882 bits per heavy atom. The van der Waals surface area contributed by atoms with Gasteiger partial charge < -0.3 is 0 Å². The number of aromatic nitrogens is 1. The van der Waals surface area contributed by atoms with Gasteiger partial charge in [-0.2, -0.15) is 4.57 Å². The van der Waals surface area contributed by atoms with Gasteiger partial charge in [0.15, 0.2) is 5.69 Å². The zero-order valence-corrected chi connectivity index (χ0v) is 22.6. The van der Waals surface area contributed by atoms with Gasteiger partial charge in [0.1, 0.15) is 7.05 Å². The number of hydrogen-bond acceptors (Lipinski definition) is 0. The topological polar surface area (TPSA) is 3.88 Å². The molecule has 0 bridgehead atoms. The molecule has 3 aromatic carbocycles. The second-order valence-electron chi connectivity index (χ2n) is 11.2. The summed E-state index contributed by atoms with van der Waals surface area (Å²) in [5.41, 5.74) is 10.0. The smallest absolute Gasteiger partial charge is 0.198 e. The van der Waals surface area contributed by atoms with Crippen LogP contribution in [-0.4, -0.2) is 8.07 Å². The molecule has 0 saturated carbocycles. The third-order valence-electron chi connectivity index (χ3n) is 8.29. The highest BCUT2D eigenvalue weighted by atomic mass is 28.3. The minimum absolute atomic E-state index is 0.641. The van der Waals surface area contributed by atoms with E-state index in [1.54, 1.807) is 0 Å². The van der Waals surface area contributed by atoms with E-state index in [2.05, 4.69) is 106 Å². The summed E-state index contributed by atoms with van der Waals surface area (Å²) in [6.45, 7) is 11.6. The summed E-state index contributed by atoms with van der Waals surface area (Å²) in [7, 11) is 1.13. The first-order valence-corrected chi connectivity index (χ1v) is 16.2. The van der Waals surface area contributed by atoms with Crippen LogP contribution in [0.1, 0.15) is 42.5 Å². The number of rotatable bonds is 3. The van der Waals surface area contributed by atoms with Gasteiger partial charge in [-0.15, -0.1) is 0 Å². The van der Waals surface area contributed by atoms with Crippen molar-refractivity contribution < 1.29 is 5.94 Å². The van der Waals surface area contributed by atoms with Crippen LogP contribution in [0.3, 0.4) is 0 Å². The molecule has 0 unspecified atom stereocenters. The maximum absolute atomic E-state index is 9.02. The van der Waals surface area contributed by atoms with Gasteiger partial charge in [-0.3, -0.25) is 0 Å². The molecule has 1 fully saturated rings. The molecule has 174 valence electrons. The van der Waals surface area contributed by atoms with Crippen molar-refractivity contribution in [1.82, 2.24) is 0 Å². The Bertz CT molecular complexity index is 1410. The van der Waals surface area contributed by atoms with E-state index in [0.717, 1.165) is 11.1 Å². The van der Waals surface area contributed by atoms with Crippen molar-refractivity contribution in [3.05, 3.63) is 89.1 Å². The van der Waals surface area contributed by atoms with Crippen molar-refractivity contribution in [2.45, 2.75) is 64.7 Å². The maximum atomic E-state index is 9.02. The van der Waals surface area contributed by atoms with Gasteiger partial charge in [0, 0.05) is 21.0 Å². The van der Waals surface area contributed by atoms with Crippen molar-refractivity contribution in [2.24, 2.45) is 7.05 Å². The molecule has 0 spiro atoms. The number of pyridine rings is 1. The van der Waals surface area contributed by atoms with E-state index in [4.69, 9.17) is 1.37 Å². The monoisotopic (exact) mass is 465 g/mol. The standard InChI is InChI=1S/C32H38NSi/c1-22-18-28(25-10-8-7-9-11-25)21-31(24(22)3)32-30-13-12-27(20-29(30)19-23(2)33(32)4)26-14-16-34(5,6)17-15-26/h7-13,18-21,26H,14-17H2,1-6H3/q+1/i19D. The van der Waals surface area contributed by atoms with Crippen LogP contribution in [0.4, 0.5) is 0 Å². The summed E-state index contributed by atoms with van der Waals surface area (Å²) in [4.78, 5) is 0. The molecule has 5 rings (SSSR count). The van der Waals surface area contributed by atoms with E-state index in [1.807, 2.05) is 0 Å². The second kappa shape index (κ2) is 8.81. The third-order valence-corrected chi connectivity index (χ3v) is 11.6. The van der Waals surface area contributed by atoms with Gasteiger partial charge in [-0.1, -0.05) is 73.7 Å². The molecule has 1 saturated heterocycles. The molecular formula is C32H38NSi+. The van der Waals surface area contributed by atoms with Gasteiger partial charge >= 0.3 is 0 Å². The number of hydrogen-bond donors (Lipinski definition) is 0. The van der Waals surface area contributed by atoms with Crippen LogP contribution in [0.2, 0.25) is 25.2 Å². The predicted octanol–water partition coefficient (Wildman–Crippen LogP) is 8.51. The fourth-order valence-electron chi connectivity index (χ4n) is 5.71. The Hall–Kier alpha value is -2.71. The molecule has 1 aliphatic heterocycles. The molecule has 1 nitrogen and oxygen atoms in total. The number of aryl methyl sites for hydroxylation is 1. The van der Waals surface area contributed by atoms with Gasteiger partial charge in [0.05, 0.1) is 12.3 Å². The lowest BCUT2D eigenvalue weighted by molar-refractivity contribution is -0.665. The molecule has 0 N–H and O–H groups in total. The lowest BCUT2D eigenvalue weighted by atomic mass is 9.89. The SMILES string of the molecule is [2H]c1c(C)[n+](C)c(-c2cc(-c3ccccc3)cc(C)c2C)c2ccc(C3CC[Si](C)(C)CC3)cc12. The highest BCUT2D eigenvalue weighted by Crippen LogP contribution is 2.40. The van der Waals surface area contributed by atoms with Gasteiger partial charge in [0.25, 0.3) is 0 Å². The first kappa shape index (κ1) is 21.8. The number of benzene rings is 3. The van der Waals surface area contributed by atoms with Crippen LogP contribution >= 0.6 is 0 Å². The Morgan fingerprint density at radius 2 is 1.59 bits per heavy atom. The van der Waals surface area contributed by atoms with E-state index in [9.17, 15) is 0 Å². The van der Waals surface area contributed by atoms with E-state index in [-0.39, 0.29) is 0 Å². The molecule has 1 aliphatic rings. The highest BCUT2D eigenvalue weighted by molar-refractivity contribution is 6.77. The largest absolute Gasteiger partial charge is 0.220 e. The van der Waals surface area contributed by atoms with E-state index in [0.29, 0.717) is 12.0 Å². The van der Waals surface area contributed by atoms with E-state index < -0.39 is 8.07 Å². The summed E-state index contributed by atoms with van der Waals surface area (Å²) >= 11 is 0. The molecule has 0 amide bonds. The van der Waals surface area contributed by atoms with Crippen LogP contribution in [0.25, 0.3) is 33.2 Å². The average molecular weight is 466 g/mol. The van der Waals surface area contributed by atoms with Crippen LogP contribution in [0, 0.1) is 20.8 Å². The van der Waals surface area contributed by atoms with Crippen molar-refractivity contribution in [2.75, 3.05) is 0 Å². The lowest BCUT2D eigenvalue weighted by Gasteiger charge is -2.33. The summed E-state index contributed by atoms with van der Waals surface area (Å²) in [5, 5.41) is 2.28. The zero-order chi connectivity index (χ0) is 24.9. The van der Waals surface area contributed by atoms with Gasteiger partial charge in [0.2, 0.25) is 5.69 Å². The van der Waals surface area contributed by atoms with Crippen molar-refractivity contribution in [3.8, 4) is 22.4 Å². The van der Waals surface area contributed by atoms with E-state index in [1.165, 1.54) is 69.4 Å². The van der Waals surface area contributed by atoms with Crippen LogP contribution < -0.4 is 4.57 Å². The van der Waals surface area contributed by atoms with E-state index >= 15 is 0 Å². The van der Waals surface area contributed by atoms with Crippen LogP contribution in [0.5, 0.6) is 0 Å². The van der Waals surface area contributed by atoms with Crippen molar-refractivity contribution in [3.63, 3.8) is 0 Å². The Balaban J connectivity index is 1.70. The zero-order valence-electron chi connectivity index (χ0n) is 22.6. The Morgan fingerprint density at radius 3 is 2.29 bits per heavy atom. The van der Waals surface area contributed by atoms with Crippen molar-refractivity contribution in [1.29, 1.82) is 0 Å². The molecule has 4 aromatic rings. The number of fused-ring (bicyclic) bond motifs is 1. The first-order chi connectivity index (χ1) is 16.7. The quantitative estimate of drug-likeness (QED) is 0.211. The Kier molecular flexibility index (Phi) is 5.65. The molecule has 2 heterocycles. The minimum Gasteiger partial charge on any atom is -0.198 e. The molecule has 34 heavy (non-hydrogen) atoms. The molecule has 0 atom stereocenters. The highest BCUT2D eigenvalue weighted by Gasteiger charge is 2.30. The van der Waals surface area contributed by atoms with Crippen LogP contribution in [0.15, 0.2) is 66.7 Å². The summed E-state index contributed by atoms with van der Waals surface area (Å²) < 4.78 is 11.3. The fraction of sp³-hybridized carbons (Fsp3) is 0.344. The summed E-state index contributed by atoms with van der Waals surface area (Å²) in [6.07, 6.45) is 2.61. The lowest BCUT2D eigenvalue weighted by Crippen LogP contribution is -2.35. The third kappa shape index (κ3) is 4.25. The predicted molar refractivity (Wildman–Crippen MR) is 149 cm³/mol. The van der Waals surface area contributed by atoms with Crippen LogP contribution in [-0.2, 0) is 7.05 Å². The van der Waals surface area contributed by atoms with Gasteiger partial charge in [-0.05, 0) is 77.9 Å². The fourth-order valence-corrected chi connectivity index (χ4v) is 8.22. The molecule has 2 heteroatoms. The van der Waals surface area contributed by atoms with Crippen molar-refractivity contribution >= 4 is 18.8 Å². The minimum atomic E-state index is -0.985. The molecular weight excluding hydrogens is 426 g/mol. The molecule has 0 radical (unpaired) electrons. The first-order valence-electron chi connectivity index (χ1n) is 13.3. The normalized spacial score (nSPS) is 16.6. The Labute approximate surface area is 207 Å². The number of nitrogens with zero attached hydrogens (tertiary/aromatic N) is 1. The summed E-state index contributed by atoms with van der Waals surface area (Å²) in [5.74, 6) is 0.641. The van der Waals surface area contributed by atoms with Gasteiger partial charge in [-0.25, -0.2) is 0 Å². The second-order valence-corrected chi connectivity index (χ2v) is 16.5.